The fraction of sp³-hybridized carbons (Fsp3) is 0.312. The average Bonchev–Trinajstić information content (AvgIpc) is 2.53. The Kier molecular flexibility index (Phi) is 5.23. The summed E-state index contributed by atoms with van der Waals surface area (Å²) in [6, 6.07) is 7.52. The number of rotatable bonds is 5. The van der Waals surface area contributed by atoms with Crippen molar-refractivity contribution >= 4 is 11.8 Å². The zero-order valence-corrected chi connectivity index (χ0v) is 13.6. The van der Waals surface area contributed by atoms with Crippen molar-refractivity contribution in [1.82, 2.24) is 9.97 Å². The normalized spacial score (nSPS) is 10.3. The molecule has 0 radical (unpaired) electrons. The molecule has 0 bridgehead atoms. The van der Waals surface area contributed by atoms with Crippen molar-refractivity contribution < 1.29 is 4.74 Å². The maximum atomic E-state index is 12.0. The minimum Gasteiger partial charge on any atom is -0.493 e. The van der Waals surface area contributed by atoms with Gasteiger partial charge in [0.15, 0.2) is 5.16 Å². The van der Waals surface area contributed by atoms with E-state index in [1.165, 1.54) is 11.8 Å². The van der Waals surface area contributed by atoms with E-state index in [1.54, 1.807) is 0 Å². The Morgan fingerprint density at radius 3 is 2.86 bits per heavy atom. The molecule has 6 heteroatoms. The van der Waals surface area contributed by atoms with Gasteiger partial charge in [-0.1, -0.05) is 30.8 Å². The molecule has 0 aliphatic heterocycles. The molecule has 0 atom stereocenters. The predicted octanol–water partition coefficient (Wildman–Crippen LogP) is 3.13. The van der Waals surface area contributed by atoms with Gasteiger partial charge in [0.1, 0.15) is 17.4 Å². The Morgan fingerprint density at radius 1 is 1.45 bits per heavy atom. The van der Waals surface area contributed by atoms with E-state index in [0.717, 1.165) is 17.7 Å². The van der Waals surface area contributed by atoms with Crippen LogP contribution < -0.4 is 10.3 Å². The average molecular weight is 315 g/mol. The Morgan fingerprint density at radius 2 is 2.23 bits per heavy atom. The van der Waals surface area contributed by atoms with Crippen LogP contribution in [0.3, 0.4) is 0 Å². The van der Waals surface area contributed by atoms with E-state index < -0.39 is 5.56 Å². The number of nitriles is 1. The summed E-state index contributed by atoms with van der Waals surface area (Å²) in [7, 11) is 0. The van der Waals surface area contributed by atoms with E-state index in [1.807, 2.05) is 44.4 Å². The smallest absolute Gasteiger partial charge is 0.270 e. The van der Waals surface area contributed by atoms with Gasteiger partial charge >= 0.3 is 0 Å². The third kappa shape index (κ3) is 3.31. The number of nitrogens with zero attached hydrogens (tertiary/aromatic N) is 2. The first-order chi connectivity index (χ1) is 10.6. The standard InChI is InChI=1S/C16H17N3O2S/c1-4-7-21-13-8-11(6-5-10(13)2)14-12(9-17)15(20)19-16(18-14)22-3/h5-6,8H,4,7H2,1-3H3,(H,18,19,20). The lowest BCUT2D eigenvalue weighted by molar-refractivity contribution is 0.315. The highest BCUT2D eigenvalue weighted by Crippen LogP contribution is 2.27. The first-order valence-electron chi connectivity index (χ1n) is 6.93. The number of aryl methyl sites for hydroxylation is 1. The van der Waals surface area contributed by atoms with Crippen LogP contribution in [0.2, 0.25) is 0 Å². The van der Waals surface area contributed by atoms with E-state index in [2.05, 4.69) is 9.97 Å². The quantitative estimate of drug-likeness (QED) is 0.677. The number of ether oxygens (including phenoxy) is 1. The molecular weight excluding hydrogens is 298 g/mol. The Balaban J connectivity index is 2.59. The van der Waals surface area contributed by atoms with Crippen molar-refractivity contribution in [2.45, 2.75) is 25.4 Å². The lowest BCUT2D eigenvalue weighted by atomic mass is 10.1. The highest BCUT2D eigenvalue weighted by Gasteiger charge is 2.14. The number of aromatic amines is 1. The molecule has 0 spiro atoms. The first-order valence-corrected chi connectivity index (χ1v) is 8.15. The summed E-state index contributed by atoms with van der Waals surface area (Å²) in [6.45, 7) is 4.61. The second-order valence-electron chi connectivity index (χ2n) is 4.74. The molecule has 0 aliphatic rings. The molecule has 0 saturated carbocycles. The lowest BCUT2D eigenvalue weighted by Crippen LogP contribution is -2.14. The van der Waals surface area contributed by atoms with Crippen LogP contribution in [0, 0.1) is 18.3 Å². The van der Waals surface area contributed by atoms with Crippen molar-refractivity contribution in [3.8, 4) is 23.1 Å². The van der Waals surface area contributed by atoms with Crippen molar-refractivity contribution in [2.24, 2.45) is 0 Å². The number of hydrogen-bond acceptors (Lipinski definition) is 5. The fourth-order valence-corrected chi connectivity index (χ4v) is 2.35. The molecule has 114 valence electrons. The molecule has 0 aliphatic carbocycles. The fourth-order valence-electron chi connectivity index (χ4n) is 1.98. The van der Waals surface area contributed by atoms with Crippen LogP contribution in [-0.4, -0.2) is 22.8 Å². The van der Waals surface area contributed by atoms with E-state index in [0.29, 0.717) is 23.0 Å². The Hall–Kier alpha value is -2.26. The van der Waals surface area contributed by atoms with Crippen molar-refractivity contribution in [2.75, 3.05) is 12.9 Å². The highest BCUT2D eigenvalue weighted by atomic mass is 32.2. The molecule has 22 heavy (non-hydrogen) atoms. The molecule has 2 aromatic rings. The van der Waals surface area contributed by atoms with Gasteiger partial charge in [-0.05, 0) is 31.2 Å². The number of aromatic nitrogens is 2. The van der Waals surface area contributed by atoms with Gasteiger partial charge in [0.05, 0.1) is 12.3 Å². The molecule has 0 unspecified atom stereocenters. The molecule has 0 fully saturated rings. The van der Waals surface area contributed by atoms with Gasteiger partial charge in [0.2, 0.25) is 0 Å². The molecule has 0 saturated heterocycles. The number of nitrogens with one attached hydrogen (secondary N) is 1. The van der Waals surface area contributed by atoms with E-state index in [-0.39, 0.29) is 5.56 Å². The molecule has 1 aromatic heterocycles. The summed E-state index contributed by atoms with van der Waals surface area (Å²) in [4.78, 5) is 18.9. The molecular formula is C16H17N3O2S. The summed E-state index contributed by atoms with van der Waals surface area (Å²) in [5.74, 6) is 0.746. The zero-order chi connectivity index (χ0) is 16.1. The summed E-state index contributed by atoms with van der Waals surface area (Å²) < 4.78 is 5.71. The second kappa shape index (κ2) is 7.14. The molecule has 2 rings (SSSR count). The predicted molar refractivity (Wildman–Crippen MR) is 87.3 cm³/mol. The minimum atomic E-state index is -0.423. The molecule has 1 aromatic carbocycles. The van der Waals surface area contributed by atoms with Crippen LogP contribution >= 0.6 is 11.8 Å². The largest absolute Gasteiger partial charge is 0.493 e. The maximum absolute atomic E-state index is 12.0. The van der Waals surface area contributed by atoms with Gasteiger partial charge < -0.3 is 9.72 Å². The lowest BCUT2D eigenvalue weighted by Gasteiger charge is -2.11. The van der Waals surface area contributed by atoms with E-state index >= 15 is 0 Å². The number of H-pyrrole nitrogens is 1. The van der Waals surface area contributed by atoms with E-state index in [4.69, 9.17) is 4.74 Å². The Bertz CT molecular complexity index is 778. The number of hydrogen-bond donors (Lipinski definition) is 1. The Labute approximate surface area is 133 Å². The van der Waals surface area contributed by atoms with Crippen LogP contribution in [0.5, 0.6) is 5.75 Å². The number of thioether (sulfide) groups is 1. The molecule has 1 heterocycles. The van der Waals surface area contributed by atoms with Crippen LogP contribution in [0.4, 0.5) is 0 Å². The zero-order valence-electron chi connectivity index (χ0n) is 12.8. The van der Waals surface area contributed by atoms with Crippen molar-refractivity contribution in [3.05, 3.63) is 39.7 Å². The SMILES string of the molecule is CCCOc1cc(-c2nc(SC)[nH]c(=O)c2C#N)ccc1C. The minimum absolute atomic E-state index is 0.0168. The molecule has 1 N–H and O–H groups in total. The van der Waals surface area contributed by atoms with Crippen molar-refractivity contribution in [1.29, 1.82) is 5.26 Å². The van der Waals surface area contributed by atoms with E-state index in [9.17, 15) is 10.1 Å². The van der Waals surface area contributed by atoms with Gasteiger partial charge in [0.25, 0.3) is 5.56 Å². The maximum Gasteiger partial charge on any atom is 0.270 e. The highest BCUT2D eigenvalue weighted by molar-refractivity contribution is 7.98. The third-order valence-corrected chi connectivity index (χ3v) is 3.71. The van der Waals surface area contributed by atoms with Gasteiger partial charge in [-0.2, -0.15) is 5.26 Å². The van der Waals surface area contributed by atoms with Crippen LogP contribution in [0.1, 0.15) is 24.5 Å². The van der Waals surface area contributed by atoms with Gasteiger partial charge in [0, 0.05) is 5.56 Å². The first kappa shape index (κ1) is 16.1. The summed E-state index contributed by atoms with van der Waals surface area (Å²) in [5.41, 5.74) is 1.69. The van der Waals surface area contributed by atoms with Crippen LogP contribution in [0.25, 0.3) is 11.3 Å². The second-order valence-corrected chi connectivity index (χ2v) is 5.53. The molecule has 5 nitrogen and oxygen atoms in total. The summed E-state index contributed by atoms with van der Waals surface area (Å²) in [5, 5.41) is 9.72. The third-order valence-electron chi connectivity index (χ3n) is 3.13. The summed E-state index contributed by atoms with van der Waals surface area (Å²) >= 11 is 1.32. The van der Waals surface area contributed by atoms with Gasteiger partial charge in [-0.15, -0.1) is 0 Å². The van der Waals surface area contributed by atoms with Gasteiger partial charge in [-0.25, -0.2) is 4.98 Å². The molecule has 0 amide bonds. The topological polar surface area (TPSA) is 78.8 Å². The summed E-state index contributed by atoms with van der Waals surface area (Å²) in [6.07, 6.45) is 2.73. The van der Waals surface area contributed by atoms with Crippen molar-refractivity contribution in [3.63, 3.8) is 0 Å². The number of benzene rings is 1. The van der Waals surface area contributed by atoms with Crippen LogP contribution in [-0.2, 0) is 0 Å². The monoisotopic (exact) mass is 315 g/mol. The van der Waals surface area contributed by atoms with Crippen LogP contribution in [0.15, 0.2) is 28.2 Å². The van der Waals surface area contributed by atoms with Gasteiger partial charge in [-0.3, -0.25) is 4.79 Å².